The van der Waals surface area contributed by atoms with Gasteiger partial charge in [0.25, 0.3) is 0 Å². The van der Waals surface area contributed by atoms with E-state index in [0.717, 1.165) is 0 Å². The van der Waals surface area contributed by atoms with Gasteiger partial charge in [0.15, 0.2) is 0 Å². The lowest BCUT2D eigenvalue weighted by atomic mass is 9.97. The van der Waals surface area contributed by atoms with Gasteiger partial charge in [-0.2, -0.15) is 0 Å². The number of amides is 1. The molecule has 0 atom stereocenters. The molecule has 0 saturated carbocycles. The molecule has 0 saturated heterocycles. The number of aromatic nitrogens is 2. The normalized spacial score (nSPS) is 11.5. The van der Waals surface area contributed by atoms with Gasteiger partial charge in [0.05, 0.1) is 0 Å². The van der Waals surface area contributed by atoms with Crippen molar-refractivity contribution in [3.63, 3.8) is 0 Å². The van der Waals surface area contributed by atoms with Gasteiger partial charge in [-0.3, -0.25) is 10.1 Å². The largest absolute Gasteiger partial charge is 0.407 e. The number of nitrogens with zero attached hydrogens (tertiary/aromatic N) is 2. The molecule has 0 fully saturated rings. The molecular weight excluding hydrogens is 230 g/mol. The Kier molecular flexibility index (Phi) is 4.29. The van der Waals surface area contributed by atoms with Crippen LogP contribution >= 0.6 is 11.6 Å². The zero-order chi connectivity index (χ0) is 12.2. The number of hydrogen-bond donors (Lipinski definition) is 1. The van der Waals surface area contributed by atoms with E-state index in [0.29, 0.717) is 24.6 Å². The van der Waals surface area contributed by atoms with E-state index in [9.17, 15) is 4.79 Å². The molecule has 1 rings (SSSR count). The highest BCUT2D eigenvalue weighted by atomic mass is 35.5. The molecule has 6 heteroatoms. The molecule has 0 spiro atoms. The number of nitrogens with one attached hydrogen (secondary N) is 1. The second-order valence-corrected chi connectivity index (χ2v) is 4.88. The van der Waals surface area contributed by atoms with Crippen LogP contribution in [0.5, 0.6) is 0 Å². The zero-order valence-corrected chi connectivity index (χ0v) is 10.5. The number of hydrogen-bond acceptors (Lipinski definition) is 4. The summed E-state index contributed by atoms with van der Waals surface area (Å²) in [6.07, 6.45) is 0.990. The predicted octanol–water partition coefficient (Wildman–Crippen LogP) is 2.32. The van der Waals surface area contributed by atoms with Gasteiger partial charge in [0, 0.05) is 17.7 Å². The summed E-state index contributed by atoms with van der Waals surface area (Å²) < 4.78 is 5.31. The average Bonchev–Trinajstić information content (AvgIpc) is 2.62. The van der Waals surface area contributed by atoms with Gasteiger partial charge in [-0.1, -0.05) is 25.9 Å². The summed E-state index contributed by atoms with van der Waals surface area (Å²) in [4.78, 5) is 11.3. The number of halogens is 1. The van der Waals surface area contributed by atoms with Crippen LogP contribution in [0.1, 0.15) is 39.5 Å². The summed E-state index contributed by atoms with van der Waals surface area (Å²) in [7, 11) is 0. The third kappa shape index (κ3) is 3.81. The molecule has 0 radical (unpaired) electrons. The zero-order valence-electron chi connectivity index (χ0n) is 9.71. The monoisotopic (exact) mass is 245 g/mol. The molecule has 0 unspecified atom stereocenters. The molecule has 90 valence electrons. The fraction of sp³-hybridized carbons (Fsp3) is 0.700. The van der Waals surface area contributed by atoms with Crippen LogP contribution < -0.4 is 5.32 Å². The summed E-state index contributed by atoms with van der Waals surface area (Å²) >= 11 is 5.48. The fourth-order valence-electron chi connectivity index (χ4n) is 0.986. The van der Waals surface area contributed by atoms with Gasteiger partial charge in [-0.15, -0.1) is 16.7 Å². The third-order valence-electron chi connectivity index (χ3n) is 1.85. The van der Waals surface area contributed by atoms with Crippen LogP contribution in [0.25, 0.3) is 0 Å². The van der Waals surface area contributed by atoms with Crippen LogP contribution in [0.15, 0.2) is 4.42 Å². The van der Waals surface area contributed by atoms with E-state index in [2.05, 4.69) is 15.5 Å². The maximum absolute atomic E-state index is 11.3. The minimum atomic E-state index is -0.216. The van der Waals surface area contributed by atoms with E-state index < -0.39 is 0 Å². The van der Waals surface area contributed by atoms with Crippen molar-refractivity contribution < 1.29 is 9.21 Å². The molecule has 1 amide bonds. The van der Waals surface area contributed by atoms with Crippen LogP contribution in [0.3, 0.4) is 0 Å². The van der Waals surface area contributed by atoms with Crippen molar-refractivity contribution >= 4 is 23.5 Å². The molecule has 1 heterocycles. The Morgan fingerprint density at radius 2 is 2.12 bits per heavy atom. The first-order chi connectivity index (χ1) is 7.43. The third-order valence-corrected chi connectivity index (χ3v) is 2.12. The molecular formula is C10H16ClN3O2. The average molecular weight is 246 g/mol. The first kappa shape index (κ1) is 13.0. The van der Waals surface area contributed by atoms with Crippen molar-refractivity contribution in [2.75, 3.05) is 11.2 Å². The van der Waals surface area contributed by atoms with Crippen LogP contribution in [-0.4, -0.2) is 22.0 Å². The maximum atomic E-state index is 11.3. The van der Waals surface area contributed by atoms with Crippen molar-refractivity contribution in [3.05, 3.63) is 5.89 Å². The summed E-state index contributed by atoms with van der Waals surface area (Å²) in [5.41, 5.74) is -0.216. The SMILES string of the molecule is CC(C)(C)c1nnc(NC(=O)CCCCl)o1. The smallest absolute Gasteiger partial charge is 0.322 e. The molecule has 5 nitrogen and oxygen atoms in total. The quantitative estimate of drug-likeness (QED) is 0.827. The molecule has 16 heavy (non-hydrogen) atoms. The Hall–Kier alpha value is -1.10. The lowest BCUT2D eigenvalue weighted by molar-refractivity contribution is -0.116. The standard InChI is InChI=1S/C10H16ClN3O2/c1-10(2,3)8-13-14-9(16-8)12-7(15)5-4-6-11/h4-6H2,1-3H3,(H,12,14,15). The molecule has 0 aliphatic heterocycles. The van der Waals surface area contributed by atoms with Crippen molar-refractivity contribution in [1.29, 1.82) is 0 Å². The van der Waals surface area contributed by atoms with Gasteiger partial charge < -0.3 is 4.42 Å². The first-order valence-electron chi connectivity index (χ1n) is 5.13. The van der Waals surface area contributed by atoms with E-state index >= 15 is 0 Å². The Bertz CT molecular complexity index is 357. The fourth-order valence-corrected chi connectivity index (χ4v) is 1.12. The van der Waals surface area contributed by atoms with Crippen molar-refractivity contribution in [2.45, 2.75) is 39.0 Å². The second-order valence-electron chi connectivity index (χ2n) is 4.50. The second kappa shape index (κ2) is 5.30. The first-order valence-corrected chi connectivity index (χ1v) is 5.66. The Labute approximate surface area is 99.6 Å². The highest BCUT2D eigenvalue weighted by Crippen LogP contribution is 2.21. The molecule has 1 N–H and O–H groups in total. The Morgan fingerprint density at radius 1 is 1.44 bits per heavy atom. The minimum Gasteiger partial charge on any atom is -0.407 e. The molecule has 0 aliphatic carbocycles. The molecule has 1 aromatic rings. The Morgan fingerprint density at radius 3 is 2.62 bits per heavy atom. The number of anilines is 1. The molecule has 0 aromatic carbocycles. The predicted molar refractivity (Wildman–Crippen MR) is 61.6 cm³/mol. The summed E-state index contributed by atoms with van der Waals surface area (Å²) in [5, 5.41) is 10.1. The summed E-state index contributed by atoms with van der Waals surface area (Å²) in [6, 6.07) is 0.143. The van der Waals surface area contributed by atoms with Gasteiger partial charge in [-0.25, -0.2) is 0 Å². The van der Waals surface area contributed by atoms with Crippen LogP contribution in [0.4, 0.5) is 6.01 Å². The van der Waals surface area contributed by atoms with Crippen molar-refractivity contribution in [3.8, 4) is 0 Å². The summed E-state index contributed by atoms with van der Waals surface area (Å²) in [5.74, 6) is 0.801. The highest BCUT2D eigenvalue weighted by Gasteiger charge is 2.21. The number of carbonyl (C=O) groups excluding carboxylic acids is 1. The number of alkyl halides is 1. The van der Waals surface area contributed by atoms with Crippen molar-refractivity contribution in [2.24, 2.45) is 0 Å². The van der Waals surface area contributed by atoms with Gasteiger partial charge in [-0.05, 0) is 6.42 Å². The van der Waals surface area contributed by atoms with E-state index in [1.807, 2.05) is 20.8 Å². The summed E-state index contributed by atoms with van der Waals surface area (Å²) in [6.45, 7) is 5.87. The van der Waals surface area contributed by atoms with E-state index in [1.54, 1.807) is 0 Å². The number of rotatable bonds is 4. The topological polar surface area (TPSA) is 68.0 Å². The van der Waals surface area contributed by atoms with E-state index in [4.69, 9.17) is 16.0 Å². The highest BCUT2D eigenvalue weighted by molar-refractivity contribution is 6.18. The van der Waals surface area contributed by atoms with Crippen molar-refractivity contribution in [1.82, 2.24) is 10.2 Å². The van der Waals surface area contributed by atoms with Crippen LogP contribution in [-0.2, 0) is 10.2 Å². The minimum absolute atomic E-state index is 0.143. The molecule has 1 aromatic heterocycles. The van der Waals surface area contributed by atoms with Gasteiger partial charge >= 0.3 is 6.01 Å². The lowest BCUT2D eigenvalue weighted by Crippen LogP contribution is -2.12. The molecule has 0 aliphatic rings. The lowest BCUT2D eigenvalue weighted by Gasteiger charge is -2.10. The van der Waals surface area contributed by atoms with E-state index in [1.165, 1.54) is 0 Å². The van der Waals surface area contributed by atoms with E-state index in [-0.39, 0.29) is 17.3 Å². The van der Waals surface area contributed by atoms with Gasteiger partial charge in [0.1, 0.15) is 0 Å². The maximum Gasteiger partial charge on any atom is 0.322 e. The molecule has 0 bridgehead atoms. The Balaban J connectivity index is 2.56. The van der Waals surface area contributed by atoms with Gasteiger partial charge in [0.2, 0.25) is 11.8 Å². The van der Waals surface area contributed by atoms with Crippen LogP contribution in [0.2, 0.25) is 0 Å². The number of carbonyl (C=O) groups is 1. The van der Waals surface area contributed by atoms with Crippen LogP contribution in [0, 0.1) is 0 Å².